The number of aliphatic hydroxyl groups excluding tert-OH is 1. The van der Waals surface area contributed by atoms with Crippen molar-refractivity contribution in [2.45, 2.75) is 25.7 Å². The van der Waals surface area contributed by atoms with Crippen molar-refractivity contribution in [2.24, 2.45) is 7.05 Å². The maximum absolute atomic E-state index is 9.80. The van der Waals surface area contributed by atoms with Gasteiger partial charge in [-0.05, 0) is 71.9 Å². The number of hydrogen-bond acceptors (Lipinski definition) is 5. The molecule has 6 heteroatoms. The van der Waals surface area contributed by atoms with E-state index in [1.165, 1.54) is 37.1 Å². The summed E-state index contributed by atoms with van der Waals surface area (Å²) in [7, 11) is 1.80. The zero-order chi connectivity index (χ0) is 21.4. The molecule has 0 aliphatic carbocycles. The summed E-state index contributed by atoms with van der Waals surface area (Å²) >= 11 is 0. The van der Waals surface area contributed by atoms with Gasteiger partial charge in [0.1, 0.15) is 5.52 Å². The Morgan fingerprint density at radius 2 is 1.58 bits per heavy atom. The Kier molecular flexibility index (Phi) is 5.28. The van der Waals surface area contributed by atoms with Crippen molar-refractivity contribution in [3.05, 3.63) is 71.8 Å². The number of rotatable bonds is 5. The van der Waals surface area contributed by atoms with E-state index in [1.54, 1.807) is 17.8 Å². The Morgan fingerprint density at radius 3 is 2.29 bits per heavy atom. The third kappa shape index (κ3) is 3.97. The van der Waals surface area contributed by atoms with Crippen LogP contribution in [0.5, 0.6) is 0 Å². The molecule has 2 heterocycles. The van der Waals surface area contributed by atoms with Crippen LogP contribution < -0.4 is 0 Å². The third-order valence-corrected chi connectivity index (χ3v) is 6.11. The standard InChI is InChI=1S/C25H26N4O2/c1-28-23-15-21(14-22(25(30)31)24(23)26-27-28)19-9-7-18(8-10-19)20-6-4-5-17(13-20)16-29-11-2-3-12-29/h4-10,13-15,25,30-31H,2-3,11-12,16H2,1H3. The van der Waals surface area contributed by atoms with E-state index < -0.39 is 6.29 Å². The first-order valence-electron chi connectivity index (χ1n) is 10.7. The molecule has 0 bridgehead atoms. The molecule has 0 amide bonds. The van der Waals surface area contributed by atoms with Gasteiger partial charge in [0.2, 0.25) is 0 Å². The summed E-state index contributed by atoms with van der Waals surface area (Å²) in [6.45, 7) is 3.40. The van der Waals surface area contributed by atoms with E-state index in [-0.39, 0.29) is 0 Å². The molecule has 5 rings (SSSR count). The van der Waals surface area contributed by atoms with Crippen molar-refractivity contribution in [1.29, 1.82) is 0 Å². The molecule has 1 aromatic heterocycles. The number of fused-ring (bicyclic) bond motifs is 1. The van der Waals surface area contributed by atoms with Crippen molar-refractivity contribution in [2.75, 3.05) is 13.1 Å². The topological polar surface area (TPSA) is 74.4 Å². The molecule has 1 saturated heterocycles. The largest absolute Gasteiger partial charge is 0.364 e. The summed E-state index contributed by atoms with van der Waals surface area (Å²) in [5, 5.41) is 27.7. The molecular formula is C25H26N4O2. The van der Waals surface area contributed by atoms with Gasteiger partial charge in [0.05, 0.1) is 5.52 Å². The van der Waals surface area contributed by atoms with Crippen molar-refractivity contribution in [1.82, 2.24) is 19.9 Å². The van der Waals surface area contributed by atoms with Crippen LogP contribution >= 0.6 is 0 Å². The van der Waals surface area contributed by atoms with Crippen LogP contribution in [0.15, 0.2) is 60.7 Å². The van der Waals surface area contributed by atoms with Crippen molar-refractivity contribution >= 4 is 11.0 Å². The van der Waals surface area contributed by atoms with Crippen LogP contribution in [0.4, 0.5) is 0 Å². The summed E-state index contributed by atoms with van der Waals surface area (Å²) in [4.78, 5) is 2.51. The Labute approximate surface area is 181 Å². The van der Waals surface area contributed by atoms with Crippen LogP contribution in [0, 0.1) is 0 Å². The normalized spacial score (nSPS) is 14.7. The molecule has 0 spiro atoms. The molecule has 158 valence electrons. The van der Waals surface area contributed by atoms with Crippen LogP contribution in [0.3, 0.4) is 0 Å². The Bertz CT molecular complexity index is 1210. The highest BCUT2D eigenvalue weighted by molar-refractivity contribution is 5.85. The van der Waals surface area contributed by atoms with Crippen LogP contribution in [-0.2, 0) is 13.6 Å². The Hall–Kier alpha value is -3.06. The fraction of sp³-hybridized carbons (Fsp3) is 0.280. The van der Waals surface area contributed by atoms with Crippen LogP contribution in [0.25, 0.3) is 33.3 Å². The molecule has 0 atom stereocenters. The highest BCUT2D eigenvalue weighted by Crippen LogP contribution is 2.31. The Balaban J connectivity index is 1.45. The van der Waals surface area contributed by atoms with Gasteiger partial charge in [-0.2, -0.15) is 0 Å². The lowest BCUT2D eigenvalue weighted by Gasteiger charge is -2.15. The quantitative estimate of drug-likeness (QED) is 0.485. The van der Waals surface area contributed by atoms with Gasteiger partial charge < -0.3 is 10.2 Å². The predicted molar refractivity (Wildman–Crippen MR) is 121 cm³/mol. The maximum Gasteiger partial charge on any atom is 0.180 e. The van der Waals surface area contributed by atoms with E-state index in [0.717, 1.165) is 28.8 Å². The first-order chi connectivity index (χ1) is 15.1. The molecule has 4 aromatic rings. The minimum Gasteiger partial charge on any atom is -0.364 e. The fourth-order valence-corrected chi connectivity index (χ4v) is 4.42. The zero-order valence-corrected chi connectivity index (χ0v) is 17.6. The molecule has 2 N–H and O–H groups in total. The number of nitrogens with zero attached hydrogens (tertiary/aromatic N) is 4. The summed E-state index contributed by atoms with van der Waals surface area (Å²) in [5.74, 6) is 0. The summed E-state index contributed by atoms with van der Waals surface area (Å²) in [5.41, 5.74) is 7.25. The average molecular weight is 415 g/mol. The molecule has 31 heavy (non-hydrogen) atoms. The van der Waals surface area contributed by atoms with E-state index in [2.05, 4.69) is 63.7 Å². The van der Waals surface area contributed by atoms with E-state index >= 15 is 0 Å². The first kappa shape index (κ1) is 19.9. The van der Waals surface area contributed by atoms with Crippen LogP contribution in [-0.4, -0.2) is 43.2 Å². The lowest BCUT2D eigenvalue weighted by Crippen LogP contribution is -2.18. The SMILES string of the molecule is Cn1nnc2c(C(O)O)cc(-c3ccc(-c4cccc(CN5CCCC5)c4)cc3)cc21. The number of likely N-dealkylation sites (tertiary alicyclic amines) is 1. The zero-order valence-electron chi connectivity index (χ0n) is 17.6. The molecule has 1 aliphatic heterocycles. The van der Waals surface area contributed by atoms with Gasteiger partial charge in [-0.3, -0.25) is 4.90 Å². The number of aryl methyl sites for hydroxylation is 1. The molecule has 1 aliphatic rings. The van der Waals surface area contributed by atoms with Crippen LogP contribution in [0.2, 0.25) is 0 Å². The van der Waals surface area contributed by atoms with Gasteiger partial charge in [-0.25, -0.2) is 4.68 Å². The smallest absolute Gasteiger partial charge is 0.180 e. The Morgan fingerprint density at radius 1 is 0.871 bits per heavy atom. The monoisotopic (exact) mass is 414 g/mol. The second kappa shape index (κ2) is 8.23. The van der Waals surface area contributed by atoms with Crippen LogP contribution in [0.1, 0.15) is 30.3 Å². The highest BCUT2D eigenvalue weighted by Gasteiger charge is 2.16. The van der Waals surface area contributed by atoms with Gasteiger partial charge in [-0.15, -0.1) is 5.10 Å². The van der Waals surface area contributed by atoms with E-state index in [9.17, 15) is 10.2 Å². The van der Waals surface area contributed by atoms with Gasteiger partial charge in [0.15, 0.2) is 6.29 Å². The predicted octanol–water partition coefficient (Wildman–Crippen LogP) is 3.88. The maximum atomic E-state index is 9.80. The van der Waals surface area contributed by atoms with Crippen molar-refractivity contribution in [3.8, 4) is 22.3 Å². The fourth-order valence-electron chi connectivity index (χ4n) is 4.42. The summed E-state index contributed by atoms with van der Waals surface area (Å²) in [6.07, 6.45) is 1.00. The van der Waals surface area contributed by atoms with E-state index in [4.69, 9.17) is 0 Å². The third-order valence-electron chi connectivity index (χ3n) is 6.11. The summed E-state index contributed by atoms with van der Waals surface area (Å²) in [6, 6.07) is 20.9. The average Bonchev–Trinajstić information content (AvgIpc) is 3.43. The van der Waals surface area contributed by atoms with Crippen molar-refractivity contribution < 1.29 is 10.2 Å². The van der Waals surface area contributed by atoms with Gasteiger partial charge in [0, 0.05) is 19.2 Å². The lowest BCUT2D eigenvalue weighted by molar-refractivity contribution is -0.0414. The molecule has 0 saturated carbocycles. The lowest BCUT2D eigenvalue weighted by atomic mass is 9.97. The van der Waals surface area contributed by atoms with Gasteiger partial charge in [0.25, 0.3) is 0 Å². The second-order valence-corrected chi connectivity index (χ2v) is 8.28. The van der Waals surface area contributed by atoms with Gasteiger partial charge >= 0.3 is 0 Å². The van der Waals surface area contributed by atoms with E-state index in [1.807, 2.05) is 6.07 Å². The van der Waals surface area contributed by atoms with Crippen molar-refractivity contribution in [3.63, 3.8) is 0 Å². The summed E-state index contributed by atoms with van der Waals surface area (Å²) < 4.78 is 1.64. The molecule has 0 radical (unpaired) electrons. The molecule has 6 nitrogen and oxygen atoms in total. The van der Waals surface area contributed by atoms with E-state index in [0.29, 0.717) is 11.1 Å². The first-order valence-corrected chi connectivity index (χ1v) is 10.7. The number of hydrogen-bond donors (Lipinski definition) is 2. The molecule has 1 fully saturated rings. The number of aliphatic hydroxyl groups is 2. The second-order valence-electron chi connectivity index (χ2n) is 8.28. The minimum atomic E-state index is -1.60. The molecular weight excluding hydrogens is 388 g/mol. The number of aromatic nitrogens is 3. The molecule has 3 aromatic carbocycles. The van der Waals surface area contributed by atoms with Gasteiger partial charge in [-0.1, -0.05) is 47.7 Å². The molecule has 0 unspecified atom stereocenters. The highest BCUT2D eigenvalue weighted by atomic mass is 16.5. The minimum absolute atomic E-state index is 0.360. The number of benzene rings is 3.